The minimum absolute atomic E-state index is 0.896. The maximum absolute atomic E-state index is 5.60. The summed E-state index contributed by atoms with van der Waals surface area (Å²) in [6.07, 6.45) is 2.96. The Morgan fingerprint density at radius 2 is 2.15 bits per heavy atom. The molecular weight excluding hydrogens is 268 g/mol. The molecule has 0 aliphatic heterocycles. The van der Waals surface area contributed by atoms with E-state index in [0.717, 1.165) is 46.7 Å². The number of benzene rings is 1. The number of furan rings is 1. The summed E-state index contributed by atoms with van der Waals surface area (Å²) in [6.45, 7) is 6.19. The monoisotopic (exact) mass is 286 g/mol. The van der Waals surface area contributed by atoms with Gasteiger partial charge in [-0.3, -0.25) is 0 Å². The van der Waals surface area contributed by atoms with E-state index >= 15 is 0 Å². The summed E-state index contributed by atoms with van der Waals surface area (Å²) in [5.74, 6) is 0. The van der Waals surface area contributed by atoms with Crippen LogP contribution in [0.1, 0.15) is 23.9 Å². The zero-order valence-electron chi connectivity index (χ0n) is 11.8. The Labute approximate surface area is 122 Å². The Morgan fingerprint density at radius 1 is 1.30 bits per heavy atom. The van der Waals surface area contributed by atoms with E-state index in [1.807, 2.05) is 24.5 Å². The molecule has 0 amide bonds. The van der Waals surface area contributed by atoms with Crippen LogP contribution in [0.3, 0.4) is 0 Å². The van der Waals surface area contributed by atoms with Crippen molar-refractivity contribution in [3.8, 4) is 10.6 Å². The first-order chi connectivity index (χ1) is 9.79. The predicted octanol–water partition coefficient (Wildman–Crippen LogP) is 4.36. The smallest absolute Gasteiger partial charge is 0.134 e. The largest absolute Gasteiger partial charge is 0.464 e. The Hall–Kier alpha value is -1.65. The van der Waals surface area contributed by atoms with Crippen LogP contribution in [-0.2, 0) is 6.54 Å². The lowest BCUT2D eigenvalue weighted by Crippen LogP contribution is -2.13. The van der Waals surface area contributed by atoms with Gasteiger partial charge in [-0.1, -0.05) is 25.1 Å². The molecule has 2 heterocycles. The van der Waals surface area contributed by atoms with Gasteiger partial charge in [0.25, 0.3) is 0 Å². The van der Waals surface area contributed by atoms with Gasteiger partial charge in [0.15, 0.2) is 0 Å². The quantitative estimate of drug-likeness (QED) is 0.708. The van der Waals surface area contributed by atoms with Crippen molar-refractivity contribution in [2.75, 3.05) is 6.54 Å². The fraction of sp³-hybridized carbons (Fsp3) is 0.312. The number of nitrogens with zero attached hydrogens (tertiary/aromatic N) is 1. The third-order valence-electron chi connectivity index (χ3n) is 3.32. The second kappa shape index (κ2) is 5.77. The molecule has 0 aliphatic rings. The van der Waals surface area contributed by atoms with E-state index in [9.17, 15) is 0 Å². The van der Waals surface area contributed by atoms with Gasteiger partial charge < -0.3 is 9.73 Å². The summed E-state index contributed by atoms with van der Waals surface area (Å²) in [5, 5.41) is 5.61. The normalized spacial score (nSPS) is 11.3. The van der Waals surface area contributed by atoms with Gasteiger partial charge in [0.05, 0.1) is 11.3 Å². The Bertz CT molecular complexity index is 714. The van der Waals surface area contributed by atoms with Crippen LogP contribution in [0.2, 0.25) is 0 Å². The number of thiazole rings is 1. The first kappa shape index (κ1) is 13.3. The first-order valence-corrected chi connectivity index (χ1v) is 7.75. The summed E-state index contributed by atoms with van der Waals surface area (Å²) in [7, 11) is 0. The number of aromatic nitrogens is 1. The molecule has 0 bridgehead atoms. The Balaban J connectivity index is 1.92. The topological polar surface area (TPSA) is 38.1 Å². The highest BCUT2D eigenvalue weighted by Crippen LogP contribution is 2.34. The predicted molar refractivity (Wildman–Crippen MR) is 84.1 cm³/mol. The second-order valence-corrected chi connectivity index (χ2v) is 5.93. The highest BCUT2D eigenvalue weighted by Gasteiger charge is 2.13. The molecule has 0 saturated heterocycles. The molecule has 104 valence electrons. The number of para-hydroxylation sites is 1. The molecule has 0 radical (unpaired) electrons. The standard InChI is InChI=1S/C16H18N2OS/c1-3-8-17-9-15-11(2)18-16(20-15)13-10-19-14-7-5-4-6-12(13)14/h4-7,10,17H,3,8-9H2,1-2H3. The molecule has 3 rings (SSSR count). The minimum Gasteiger partial charge on any atom is -0.464 e. The molecule has 3 aromatic rings. The van der Waals surface area contributed by atoms with Crippen molar-refractivity contribution in [1.82, 2.24) is 10.3 Å². The molecule has 20 heavy (non-hydrogen) atoms. The summed E-state index contributed by atoms with van der Waals surface area (Å²) < 4.78 is 5.60. The molecule has 0 fully saturated rings. The van der Waals surface area contributed by atoms with Crippen molar-refractivity contribution in [3.05, 3.63) is 41.1 Å². The average molecular weight is 286 g/mol. The van der Waals surface area contributed by atoms with Gasteiger partial charge in [0.1, 0.15) is 16.9 Å². The third-order valence-corrected chi connectivity index (χ3v) is 4.51. The maximum atomic E-state index is 5.60. The molecule has 0 atom stereocenters. The summed E-state index contributed by atoms with van der Waals surface area (Å²) in [6, 6.07) is 8.09. The van der Waals surface area contributed by atoms with Crippen molar-refractivity contribution in [2.45, 2.75) is 26.8 Å². The van der Waals surface area contributed by atoms with Crippen LogP contribution in [0, 0.1) is 6.92 Å². The van der Waals surface area contributed by atoms with Gasteiger partial charge in [-0.05, 0) is 26.0 Å². The molecule has 3 nitrogen and oxygen atoms in total. The molecule has 0 spiro atoms. The molecule has 0 aliphatic carbocycles. The molecule has 2 aromatic heterocycles. The SMILES string of the molecule is CCCNCc1sc(-c2coc3ccccc23)nc1C. The average Bonchev–Trinajstić information content (AvgIpc) is 3.03. The minimum atomic E-state index is 0.896. The second-order valence-electron chi connectivity index (χ2n) is 4.85. The van der Waals surface area contributed by atoms with Crippen molar-refractivity contribution in [2.24, 2.45) is 0 Å². The summed E-state index contributed by atoms with van der Waals surface area (Å²) in [5.41, 5.74) is 3.12. The molecular formula is C16H18N2OS. The summed E-state index contributed by atoms with van der Waals surface area (Å²) in [4.78, 5) is 6.00. The van der Waals surface area contributed by atoms with Crippen LogP contribution < -0.4 is 5.32 Å². The molecule has 0 unspecified atom stereocenters. The fourth-order valence-electron chi connectivity index (χ4n) is 2.23. The van der Waals surface area contributed by atoms with Crippen molar-refractivity contribution in [3.63, 3.8) is 0 Å². The Kier molecular flexibility index (Phi) is 3.85. The lowest BCUT2D eigenvalue weighted by molar-refractivity contribution is 0.617. The summed E-state index contributed by atoms with van der Waals surface area (Å²) >= 11 is 1.75. The van der Waals surface area contributed by atoms with Gasteiger partial charge in [0.2, 0.25) is 0 Å². The van der Waals surface area contributed by atoms with E-state index in [1.165, 1.54) is 4.88 Å². The molecule has 1 N–H and O–H groups in total. The van der Waals surface area contributed by atoms with Crippen LogP contribution in [0.15, 0.2) is 34.9 Å². The highest BCUT2D eigenvalue weighted by molar-refractivity contribution is 7.15. The van der Waals surface area contributed by atoms with E-state index in [4.69, 9.17) is 9.40 Å². The maximum Gasteiger partial charge on any atom is 0.134 e. The number of hydrogen-bond acceptors (Lipinski definition) is 4. The van der Waals surface area contributed by atoms with Crippen LogP contribution in [-0.4, -0.2) is 11.5 Å². The van der Waals surface area contributed by atoms with E-state index in [0.29, 0.717) is 0 Å². The zero-order valence-corrected chi connectivity index (χ0v) is 12.6. The van der Waals surface area contributed by atoms with Crippen molar-refractivity contribution in [1.29, 1.82) is 0 Å². The molecule has 1 aromatic carbocycles. The first-order valence-electron chi connectivity index (χ1n) is 6.93. The van der Waals surface area contributed by atoms with Gasteiger partial charge in [-0.15, -0.1) is 11.3 Å². The van der Waals surface area contributed by atoms with Crippen LogP contribution in [0.5, 0.6) is 0 Å². The molecule has 4 heteroatoms. The van der Waals surface area contributed by atoms with Gasteiger partial charge >= 0.3 is 0 Å². The van der Waals surface area contributed by atoms with E-state index < -0.39 is 0 Å². The molecule has 0 saturated carbocycles. The number of nitrogens with one attached hydrogen (secondary N) is 1. The van der Waals surface area contributed by atoms with Gasteiger partial charge in [0, 0.05) is 16.8 Å². The van der Waals surface area contributed by atoms with Crippen LogP contribution in [0.4, 0.5) is 0 Å². The lowest BCUT2D eigenvalue weighted by atomic mass is 10.2. The van der Waals surface area contributed by atoms with E-state index in [1.54, 1.807) is 11.3 Å². The van der Waals surface area contributed by atoms with E-state index in [-0.39, 0.29) is 0 Å². The Morgan fingerprint density at radius 3 is 3.00 bits per heavy atom. The van der Waals surface area contributed by atoms with E-state index in [2.05, 4.69) is 25.2 Å². The number of aryl methyl sites for hydroxylation is 1. The van der Waals surface area contributed by atoms with Crippen LogP contribution >= 0.6 is 11.3 Å². The number of hydrogen-bond donors (Lipinski definition) is 1. The van der Waals surface area contributed by atoms with Crippen molar-refractivity contribution >= 4 is 22.3 Å². The lowest BCUT2D eigenvalue weighted by Gasteiger charge is -1.99. The third kappa shape index (κ3) is 2.49. The zero-order chi connectivity index (χ0) is 13.9. The van der Waals surface area contributed by atoms with Gasteiger partial charge in [-0.2, -0.15) is 0 Å². The number of rotatable bonds is 5. The van der Waals surface area contributed by atoms with Crippen LogP contribution in [0.25, 0.3) is 21.5 Å². The van der Waals surface area contributed by atoms with Crippen molar-refractivity contribution < 1.29 is 4.42 Å². The highest BCUT2D eigenvalue weighted by atomic mass is 32.1. The number of fused-ring (bicyclic) bond motifs is 1. The fourth-order valence-corrected chi connectivity index (χ4v) is 3.28. The van der Waals surface area contributed by atoms with Gasteiger partial charge in [-0.25, -0.2) is 4.98 Å².